The average Bonchev–Trinajstić information content (AvgIpc) is 3.31. The molecule has 170 valence electrons. The van der Waals surface area contributed by atoms with Gasteiger partial charge >= 0.3 is 0 Å². The summed E-state index contributed by atoms with van der Waals surface area (Å²) in [5, 5.41) is 3.05. The lowest BCUT2D eigenvalue weighted by atomic mass is 10.1. The normalized spacial score (nSPS) is 21.0. The number of aryl methyl sites for hydroxylation is 1. The highest BCUT2D eigenvalue weighted by Gasteiger charge is 2.26. The largest absolute Gasteiger partial charge is 0.372 e. The number of anilines is 1. The number of ether oxygens (including phenoxy) is 1. The quantitative estimate of drug-likeness (QED) is 0.777. The van der Waals surface area contributed by atoms with E-state index >= 15 is 0 Å². The number of hydrogen-bond acceptors (Lipinski definition) is 4. The molecule has 2 aliphatic rings. The lowest BCUT2D eigenvalue weighted by Crippen LogP contribution is -2.48. The van der Waals surface area contributed by atoms with Gasteiger partial charge in [-0.15, -0.1) is 0 Å². The third kappa shape index (κ3) is 5.13. The van der Waals surface area contributed by atoms with E-state index in [1.807, 2.05) is 56.0 Å². The van der Waals surface area contributed by atoms with Crippen LogP contribution in [-0.2, 0) is 11.3 Å². The molecule has 2 aromatic carbocycles. The van der Waals surface area contributed by atoms with Gasteiger partial charge in [-0.2, -0.15) is 0 Å². The fourth-order valence-corrected chi connectivity index (χ4v) is 4.63. The summed E-state index contributed by atoms with van der Waals surface area (Å²) in [7, 11) is 0. The number of rotatable bonds is 5. The Bertz CT molecular complexity index is 957. The minimum Gasteiger partial charge on any atom is -0.372 e. The van der Waals surface area contributed by atoms with E-state index in [0.717, 1.165) is 35.5 Å². The van der Waals surface area contributed by atoms with Crippen molar-refractivity contribution in [2.75, 3.05) is 31.1 Å². The lowest BCUT2D eigenvalue weighted by Gasteiger charge is -2.35. The minimum atomic E-state index is -0.0629. The van der Waals surface area contributed by atoms with Gasteiger partial charge in [-0.3, -0.25) is 9.59 Å². The van der Waals surface area contributed by atoms with Gasteiger partial charge in [0.25, 0.3) is 11.8 Å². The van der Waals surface area contributed by atoms with Crippen LogP contribution in [0.3, 0.4) is 0 Å². The van der Waals surface area contributed by atoms with E-state index in [1.54, 1.807) is 0 Å². The second-order valence-electron chi connectivity index (χ2n) is 9.06. The van der Waals surface area contributed by atoms with E-state index in [4.69, 9.17) is 4.74 Å². The third-order valence-corrected chi connectivity index (χ3v) is 6.20. The van der Waals surface area contributed by atoms with Gasteiger partial charge < -0.3 is 19.9 Å². The SMILES string of the molecule is Cc1ccc(N2CCCC2)c(C(=O)NCc2ccc(C(=O)N3CC(C)OC(C)C3)cc2)c1. The van der Waals surface area contributed by atoms with Crippen molar-refractivity contribution in [1.82, 2.24) is 10.2 Å². The van der Waals surface area contributed by atoms with Crippen molar-refractivity contribution in [2.45, 2.75) is 52.4 Å². The highest BCUT2D eigenvalue weighted by Crippen LogP contribution is 2.26. The number of morpholine rings is 1. The van der Waals surface area contributed by atoms with Gasteiger partial charge in [-0.25, -0.2) is 0 Å². The summed E-state index contributed by atoms with van der Waals surface area (Å²) in [5.41, 5.74) is 4.45. The summed E-state index contributed by atoms with van der Waals surface area (Å²) in [6.07, 6.45) is 2.43. The zero-order valence-corrected chi connectivity index (χ0v) is 19.3. The Morgan fingerprint density at radius 3 is 2.31 bits per heavy atom. The molecule has 2 amide bonds. The highest BCUT2D eigenvalue weighted by molar-refractivity contribution is 6.00. The monoisotopic (exact) mass is 435 g/mol. The average molecular weight is 436 g/mol. The molecule has 2 unspecified atom stereocenters. The zero-order chi connectivity index (χ0) is 22.7. The standard InChI is InChI=1S/C26H33N3O3/c1-18-6-11-24(28-12-4-5-13-28)23(14-18)25(30)27-15-21-7-9-22(10-8-21)26(31)29-16-19(2)32-20(3)17-29/h6-11,14,19-20H,4-5,12-13,15-17H2,1-3H3,(H,27,30). The van der Waals surface area contributed by atoms with Crippen molar-refractivity contribution in [3.8, 4) is 0 Å². The maximum atomic E-state index is 13.0. The molecule has 0 aromatic heterocycles. The van der Waals surface area contributed by atoms with Crippen LogP contribution in [-0.4, -0.2) is 55.1 Å². The molecule has 0 saturated carbocycles. The molecule has 32 heavy (non-hydrogen) atoms. The maximum Gasteiger partial charge on any atom is 0.254 e. The summed E-state index contributed by atoms with van der Waals surface area (Å²) >= 11 is 0. The van der Waals surface area contributed by atoms with E-state index in [-0.39, 0.29) is 24.0 Å². The fourth-order valence-electron chi connectivity index (χ4n) is 4.63. The van der Waals surface area contributed by atoms with Gasteiger partial charge in [0.15, 0.2) is 0 Å². The van der Waals surface area contributed by atoms with Crippen LogP contribution in [0.25, 0.3) is 0 Å². The number of benzene rings is 2. The molecule has 0 aliphatic carbocycles. The van der Waals surface area contributed by atoms with Gasteiger partial charge in [0.1, 0.15) is 0 Å². The zero-order valence-electron chi connectivity index (χ0n) is 19.3. The minimum absolute atomic E-state index is 0.0256. The number of carbonyl (C=O) groups is 2. The molecule has 2 saturated heterocycles. The molecule has 0 bridgehead atoms. The number of amides is 2. The smallest absolute Gasteiger partial charge is 0.254 e. The van der Waals surface area contributed by atoms with Gasteiger partial charge in [0.2, 0.25) is 0 Å². The molecule has 6 heteroatoms. The first kappa shape index (κ1) is 22.3. The summed E-state index contributed by atoms with van der Waals surface area (Å²) in [6.45, 7) is 9.63. The Kier molecular flexibility index (Phi) is 6.80. The lowest BCUT2D eigenvalue weighted by molar-refractivity contribution is -0.0586. The van der Waals surface area contributed by atoms with Crippen LogP contribution >= 0.6 is 0 Å². The molecule has 2 atom stereocenters. The number of nitrogens with zero attached hydrogens (tertiary/aromatic N) is 2. The highest BCUT2D eigenvalue weighted by atomic mass is 16.5. The molecule has 4 rings (SSSR count). The Labute approximate surface area is 190 Å². The molecular weight excluding hydrogens is 402 g/mol. The van der Waals surface area contributed by atoms with Crippen LogP contribution in [0.15, 0.2) is 42.5 Å². The van der Waals surface area contributed by atoms with Crippen molar-refractivity contribution in [1.29, 1.82) is 0 Å². The van der Waals surface area contributed by atoms with Gasteiger partial charge in [0.05, 0.1) is 17.8 Å². The molecule has 2 aromatic rings. The van der Waals surface area contributed by atoms with Crippen LogP contribution < -0.4 is 10.2 Å². The predicted molar refractivity (Wildman–Crippen MR) is 126 cm³/mol. The van der Waals surface area contributed by atoms with Crippen molar-refractivity contribution < 1.29 is 14.3 Å². The predicted octanol–water partition coefficient (Wildman–Crippen LogP) is 3.77. The summed E-state index contributed by atoms with van der Waals surface area (Å²) < 4.78 is 5.72. The summed E-state index contributed by atoms with van der Waals surface area (Å²) in [4.78, 5) is 30.0. The van der Waals surface area contributed by atoms with Gasteiger partial charge in [0, 0.05) is 44.0 Å². The van der Waals surface area contributed by atoms with Crippen molar-refractivity contribution in [2.24, 2.45) is 0 Å². The van der Waals surface area contributed by atoms with Crippen molar-refractivity contribution in [3.05, 3.63) is 64.7 Å². The van der Waals surface area contributed by atoms with E-state index in [9.17, 15) is 9.59 Å². The second-order valence-corrected chi connectivity index (χ2v) is 9.06. The molecule has 2 heterocycles. The van der Waals surface area contributed by atoms with E-state index in [0.29, 0.717) is 25.2 Å². The molecule has 0 radical (unpaired) electrons. The van der Waals surface area contributed by atoms with Crippen LogP contribution in [0.2, 0.25) is 0 Å². The summed E-state index contributed by atoms with van der Waals surface area (Å²) in [5.74, 6) is -0.0374. The summed E-state index contributed by atoms with van der Waals surface area (Å²) in [6, 6.07) is 13.6. The Hall–Kier alpha value is -2.86. The van der Waals surface area contributed by atoms with Gasteiger partial charge in [-0.05, 0) is 63.4 Å². The Morgan fingerprint density at radius 1 is 1.00 bits per heavy atom. The fraction of sp³-hybridized carbons (Fsp3) is 0.462. The van der Waals surface area contributed by atoms with Crippen LogP contribution in [0.5, 0.6) is 0 Å². The van der Waals surface area contributed by atoms with Crippen LogP contribution in [0, 0.1) is 6.92 Å². The second kappa shape index (κ2) is 9.74. The van der Waals surface area contributed by atoms with E-state index in [2.05, 4.69) is 22.3 Å². The molecule has 2 fully saturated rings. The number of hydrogen-bond donors (Lipinski definition) is 1. The third-order valence-electron chi connectivity index (χ3n) is 6.20. The molecule has 1 N–H and O–H groups in total. The first-order chi connectivity index (χ1) is 15.4. The first-order valence-corrected chi connectivity index (χ1v) is 11.6. The maximum absolute atomic E-state index is 13.0. The van der Waals surface area contributed by atoms with E-state index in [1.165, 1.54) is 12.8 Å². The topological polar surface area (TPSA) is 61.9 Å². The van der Waals surface area contributed by atoms with Crippen molar-refractivity contribution in [3.63, 3.8) is 0 Å². The first-order valence-electron chi connectivity index (χ1n) is 11.6. The number of nitrogens with one attached hydrogen (secondary N) is 1. The van der Waals surface area contributed by atoms with Gasteiger partial charge in [-0.1, -0.05) is 23.8 Å². The molecular formula is C26H33N3O3. The Balaban J connectivity index is 1.39. The van der Waals surface area contributed by atoms with Crippen molar-refractivity contribution >= 4 is 17.5 Å². The van der Waals surface area contributed by atoms with Crippen LogP contribution in [0.1, 0.15) is 58.5 Å². The molecule has 6 nitrogen and oxygen atoms in total. The number of carbonyl (C=O) groups excluding carboxylic acids is 2. The van der Waals surface area contributed by atoms with Crippen LogP contribution in [0.4, 0.5) is 5.69 Å². The molecule has 0 spiro atoms. The molecule has 2 aliphatic heterocycles. The Morgan fingerprint density at radius 2 is 1.66 bits per heavy atom. The van der Waals surface area contributed by atoms with E-state index < -0.39 is 0 Å².